The average molecular weight is 462 g/mol. The number of hydrogen-bond acceptors (Lipinski definition) is 4. The van der Waals surface area contributed by atoms with Crippen molar-refractivity contribution in [3.63, 3.8) is 0 Å². The fourth-order valence-corrected chi connectivity index (χ4v) is 5.69. The van der Waals surface area contributed by atoms with Crippen LogP contribution in [0, 0.1) is 24.6 Å². The topological polar surface area (TPSA) is 64.6 Å². The van der Waals surface area contributed by atoms with Crippen molar-refractivity contribution in [3.05, 3.63) is 29.6 Å². The van der Waals surface area contributed by atoms with Crippen molar-refractivity contribution in [1.29, 1.82) is 0 Å². The monoisotopic (exact) mass is 461 g/mol. The Hall–Kier alpha value is -1.66. The molecular formula is C27H44FN3O2. The van der Waals surface area contributed by atoms with E-state index in [1.807, 2.05) is 0 Å². The number of nitrogens with zero attached hydrogens (tertiary/aromatic N) is 1. The summed E-state index contributed by atoms with van der Waals surface area (Å²) in [6.07, 6.45) is 16.4. The predicted molar refractivity (Wildman–Crippen MR) is 132 cm³/mol. The van der Waals surface area contributed by atoms with Gasteiger partial charge in [-0.3, -0.25) is 10.0 Å². The highest BCUT2D eigenvalue weighted by molar-refractivity contribution is 5.83. The van der Waals surface area contributed by atoms with Gasteiger partial charge in [0.25, 0.3) is 5.91 Å². The number of benzene rings is 1. The van der Waals surface area contributed by atoms with Gasteiger partial charge >= 0.3 is 0 Å². The van der Waals surface area contributed by atoms with Crippen LogP contribution in [0.3, 0.4) is 0 Å². The summed E-state index contributed by atoms with van der Waals surface area (Å²) in [5, 5.41) is 12.3. The highest BCUT2D eigenvalue weighted by Crippen LogP contribution is 2.28. The number of nitrogens with one attached hydrogen (secondary N) is 2. The molecule has 1 aromatic carbocycles. The van der Waals surface area contributed by atoms with E-state index in [4.69, 9.17) is 0 Å². The van der Waals surface area contributed by atoms with Gasteiger partial charge in [-0.25, -0.2) is 9.87 Å². The summed E-state index contributed by atoms with van der Waals surface area (Å²) in [7, 11) is 0. The molecule has 6 heteroatoms. The van der Waals surface area contributed by atoms with Gasteiger partial charge in [-0.15, -0.1) is 0 Å². The molecule has 0 aromatic heterocycles. The van der Waals surface area contributed by atoms with Crippen LogP contribution in [-0.4, -0.2) is 41.7 Å². The van der Waals surface area contributed by atoms with Crippen LogP contribution in [0.4, 0.5) is 10.1 Å². The minimum Gasteiger partial charge on any atom is -0.374 e. The molecule has 1 atom stereocenters. The standard InChI is InChI=1S/C27H44FN3O2/c1-21-18-24(15-16-25(21)28)29-26(27(32)30-33)14-8-9-17-31(19-22-10-4-2-5-11-22)20-23-12-6-3-7-13-23/h15-16,18,22-23,26,29,33H,2-14,17,19-20H2,1H3,(H,30,32)/t26-/m1/s1. The largest absolute Gasteiger partial charge is 0.374 e. The average Bonchev–Trinajstić information content (AvgIpc) is 2.84. The summed E-state index contributed by atoms with van der Waals surface area (Å²) in [5.74, 6) is 0.982. The van der Waals surface area contributed by atoms with Crippen molar-refractivity contribution in [1.82, 2.24) is 10.4 Å². The molecule has 2 aliphatic rings. The van der Waals surface area contributed by atoms with Gasteiger partial charge in [0, 0.05) is 18.8 Å². The summed E-state index contributed by atoms with van der Waals surface area (Å²) in [5.41, 5.74) is 3.01. The lowest BCUT2D eigenvalue weighted by molar-refractivity contribution is -0.130. The maximum Gasteiger partial charge on any atom is 0.265 e. The van der Waals surface area contributed by atoms with E-state index in [0.717, 1.165) is 31.2 Å². The van der Waals surface area contributed by atoms with E-state index in [0.29, 0.717) is 17.7 Å². The molecule has 0 aliphatic heterocycles. The molecule has 1 aromatic rings. The molecule has 2 aliphatic carbocycles. The fourth-order valence-electron chi connectivity index (χ4n) is 5.69. The third kappa shape index (κ3) is 8.90. The number of hydrogen-bond donors (Lipinski definition) is 3. The number of unbranched alkanes of at least 4 members (excludes halogenated alkanes) is 1. The van der Waals surface area contributed by atoms with Gasteiger partial charge in [-0.2, -0.15) is 0 Å². The normalized spacial score (nSPS) is 18.9. The second kappa shape index (κ2) is 13.9. The first kappa shape index (κ1) is 26.0. The van der Waals surface area contributed by atoms with E-state index >= 15 is 0 Å². The lowest BCUT2D eigenvalue weighted by Gasteiger charge is -2.33. The van der Waals surface area contributed by atoms with Gasteiger partial charge in [0.1, 0.15) is 11.9 Å². The highest BCUT2D eigenvalue weighted by atomic mass is 19.1. The molecule has 5 nitrogen and oxygen atoms in total. The Labute approximate surface area is 199 Å². The Morgan fingerprint density at radius 2 is 1.64 bits per heavy atom. The van der Waals surface area contributed by atoms with Gasteiger partial charge in [-0.05, 0) is 94.0 Å². The van der Waals surface area contributed by atoms with Gasteiger partial charge in [-0.1, -0.05) is 38.5 Å². The number of rotatable bonds is 12. The Bertz CT molecular complexity index is 697. The molecule has 0 saturated heterocycles. The molecule has 3 rings (SSSR count). The maximum atomic E-state index is 13.6. The summed E-state index contributed by atoms with van der Waals surface area (Å²) in [6, 6.07) is 4.20. The lowest BCUT2D eigenvalue weighted by atomic mass is 9.87. The van der Waals surface area contributed by atoms with E-state index in [9.17, 15) is 14.4 Å². The van der Waals surface area contributed by atoms with Gasteiger partial charge in [0.15, 0.2) is 0 Å². The fraction of sp³-hybridized carbons (Fsp3) is 0.741. The number of carbonyl (C=O) groups excluding carboxylic acids is 1. The van der Waals surface area contributed by atoms with Crippen molar-refractivity contribution < 1.29 is 14.4 Å². The molecule has 33 heavy (non-hydrogen) atoms. The van der Waals surface area contributed by atoms with E-state index in [1.165, 1.54) is 83.4 Å². The van der Waals surface area contributed by atoms with Crippen LogP contribution >= 0.6 is 0 Å². The predicted octanol–water partition coefficient (Wildman–Crippen LogP) is 6.05. The first-order valence-electron chi connectivity index (χ1n) is 13.2. The zero-order valence-electron chi connectivity index (χ0n) is 20.5. The van der Waals surface area contributed by atoms with E-state index in [1.54, 1.807) is 24.5 Å². The highest BCUT2D eigenvalue weighted by Gasteiger charge is 2.22. The molecule has 2 saturated carbocycles. The van der Waals surface area contributed by atoms with Crippen LogP contribution in [0.1, 0.15) is 89.0 Å². The second-order valence-electron chi connectivity index (χ2n) is 10.4. The van der Waals surface area contributed by atoms with Gasteiger partial charge in [0.05, 0.1) is 0 Å². The SMILES string of the molecule is Cc1cc(N[C@H](CCCCN(CC2CCCCC2)CC2CCCCC2)C(=O)NO)ccc1F. The van der Waals surface area contributed by atoms with Crippen molar-refractivity contribution >= 4 is 11.6 Å². The zero-order chi connectivity index (χ0) is 23.5. The third-order valence-corrected chi connectivity index (χ3v) is 7.62. The number of hydroxylamine groups is 1. The number of halogens is 1. The molecule has 1 amide bonds. The van der Waals surface area contributed by atoms with Crippen molar-refractivity contribution in [2.24, 2.45) is 11.8 Å². The number of amides is 1. The quantitative estimate of drug-likeness (QED) is 0.201. The zero-order valence-corrected chi connectivity index (χ0v) is 20.5. The van der Waals surface area contributed by atoms with Crippen LogP contribution in [0.5, 0.6) is 0 Å². The minimum atomic E-state index is -0.537. The number of anilines is 1. The second-order valence-corrected chi connectivity index (χ2v) is 10.4. The Balaban J connectivity index is 1.49. The molecule has 0 heterocycles. The Kier molecular flexibility index (Phi) is 10.9. The van der Waals surface area contributed by atoms with Crippen molar-refractivity contribution in [2.45, 2.75) is 96.4 Å². The van der Waals surface area contributed by atoms with Crippen molar-refractivity contribution in [3.8, 4) is 0 Å². The van der Waals surface area contributed by atoms with Crippen LogP contribution in [0.2, 0.25) is 0 Å². The Morgan fingerprint density at radius 1 is 1.03 bits per heavy atom. The molecule has 0 bridgehead atoms. The van der Waals surface area contributed by atoms with Crippen LogP contribution in [0.15, 0.2) is 18.2 Å². The Morgan fingerprint density at radius 3 is 2.18 bits per heavy atom. The first-order chi connectivity index (χ1) is 16.0. The molecule has 186 valence electrons. The molecular weight excluding hydrogens is 417 g/mol. The minimum absolute atomic E-state index is 0.264. The summed E-state index contributed by atoms with van der Waals surface area (Å²) >= 11 is 0. The van der Waals surface area contributed by atoms with E-state index < -0.39 is 11.9 Å². The van der Waals surface area contributed by atoms with E-state index in [2.05, 4.69) is 10.2 Å². The van der Waals surface area contributed by atoms with Crippen molar-refractivity contribution in [2.75, 3.05) is 25.0 Å². The number of carbonyl (C=O) groups is 1. The number of aryl methyl sites for hydroxylation is 1. The summed E-state index contributed by atoms with van der Waals surface area (Å²) in [6.45, 7) is 5.24. The van der Waals surface area contributed by atoms with Gasteiger partial charge in [0.2, 0.25) is 0 Å². The molecule has 0 radical (unpaired) electrons. The third-order valence-electron chi connectivity index (χ3n) is 7.62. The van der Waals surface area contributed by atoms with Crippen LogP contribution in [-0.2, 0) is 4.79 Å². The van der Waals surface area contributed by atoms with E-state index in [-0.39, 0.29) is 5.82 Å². The van der Waals surface area contributed by atoms with Gasteiger partial charge < -0.3 is 10.2 Å². The summed E-state index contributed by atoms with van der Waals surface area (Å²) in [4.78, 5) is 14.9. The molecule has 0 unspecified atom stereocenters. The first-order valence-corrected chi connectivity index (χ1v) is 13.2. The molecule has 2 fully saturated rings. The maximum absolute atomic E-state index is 13.6. The van der Waals surface area contributed by atoms with Crippen LogP contribution in [0.25, 0.3) is 0 Å². The smallest absolute Gasteiger partial charge is 0.265 e. The molecule has 0 spiro atoms. The lowest BCUT2D eigenvalue weighted by Crippen LogP contribution is -2.38. The summed E-state index contributed by atoms with van der Waals surface area (Å²) < 4.78 is 13.6. The molecule has 3 N–H and O–H groups in total. The van der Waals surface area contributed by atoms with Crippen LogP contribution < -0.4 is 10.8 Å².